The zero-order chi connectivity index (χ0) is 19.5. The SMILES string of the molecule is O=C(Nc1ccc(F)cc1F)c1ccc(OCc2cn3ccccc3n2)cc1. The molecular weight excluding hydrogens is 364 g/mol. The Morgan fingerprint density at radius 1 is 1.07 bits per heavy atom. The molecular formula is C21H15F2N3O2. The van der Waals surface area contributed by atoms with E-state index >= 15 is 0 Å². The molecule has 0 aliphatic rings. The van der Waals surface area contributed by atoms with Crippen molar-refractivity contribution in [1.29, 1.82) is 0 Å². The quantitative estimate of drug-likeness (QED) is 0.558. The van der Waals surface area contributed by atoms with Crippen LogP contribution in [0.15, 0.2) is 73.1 Å². The van der Waals surface area contributed by atoms with E-state index in [9.17, 15) is 13.6 Å². The number of imidazole rings is 1. The first-order chi connectivity index (χ1) is 13.6. The Bertz CT molecular complexity index is 1110. The number of hydrogen-bond acceptors (Lipinski definition) is 3. The van der Waals surface area contributed by atoms with Crippen molar-refractivity contribution in [3.63, 3.8) is 0 Å². The maximum absolute atomic E-state index is 13.6. The third-order valence-electron chi connectivity index (χ3n) is 4.10. The van der Waals surface area contributed by atoms with Gasteiger partial charge in [-0.2, -0.15) is 0 Å². The molecule has 0 unspecified atom stereocenters. The molecule has 0 aliphatic heterocycles. The number of pyridine rings is 1. The Balaban J connectivity index is 1.39. The monoisotopic (exact) mass is 379 g/mol. The summed E-state index contributed by atoms with van der Waals surface area (Å²) in [6, 6.07) is 15.1. The summed E-state index contributed by atoms with van der Waals surface area (Å²) >= 11 is 0. The molecule has 0 saturated carbocycles. The van der Waals surface area contributed by atoms with Gasteiger partial charge in [0.05, 0.1) is 11.4 Å². The number of carbonyl (C=O) groups is 1. The average Bonchev–Trinajstić information content (AvgIpc) is 3.12. The first-order valence-electron chi connectivity index (χ1n) is 8.50. The van der Waals surface area contributed by atoms with Gasteiger partial charge in [-0.15, -0.1) is 0 Å². The predicted molar refractivity (Wildman–Crippen MR) is 100 cm³/mol. The normalized spacial score (nSPS) is 10.8. The number of rotatable bonds is 5. The minimum atomic E-state index is -0.833. The van der Waals surface area contributed by atoms with Crippen LogP contribution in [0, 0.1) is 11.6 Å². The molecule has 140 valence electrons. The summed E-state index contributed by atoms with van der Waals surface area (Å²) in [5.41, 5.74) is 1.85. The van der Waals surface area contributed by atoms with Crippen LogP contribution in [0.3, 0.4) is 0 Å². The number of ether oxygens (including phenoxy) is 1. The second kappa shape index (κ2) is 7.48. The van der Waals surface area contributed by atoms with E-state index in [4.69, 9.17) is 4.74 Å². The summed E-state index contributed by atoms with van der Waals surface area (Å²) < 4.78 is 34.2. The van der Waals surface area contributed by atoms with Crippen LogP contribution in [0.25, 0.3) is 5.65 Å². The maximum Gasteiger partial charge on any atom is 0.255 e. The molecule has 7 heteroatoms. The van der Waals surface area contributed by atoms with E-state index in [2.05, 4.69) is 10.3 Å². The zero-order valence-corrected chi connectivity index (χ0v) is 14.6. The molecule has 2 heterocycles. The van der Waals surface area contributed by atoms with Crippen LogP contribution in [-0.4, -0.2) is 15.3 Å². The first kappa shape index (κ1) is 17.7. The van der Waals surface area contributed by atoms with Gasteiger partial charge in [-0.05, 0) is 48.5 Å². The van der Waals surface area contributed by atoms with Gasteiger partial charge in [0.2, 0.25) is 0 Å². The Morgan fingerprint density at radius 2 is 1.89 bits per heavy atom. The van der Waals surface area contributed by atoms with Crippen LogP contribution in [0.5, 0.6) is 5.75 Å². The van der Waals surface area contributed by atoms with Gasteiger partial charge in [0.15, 0.2) is 0 Å². The molecule has 2 aromatic heterocycles. The Labute approximate surface area is 159 Å². The number of amides is 1. The minimum Gasteiger partial charge on any atom is -0.487 e. The topological polar surface area (TPSA) is 55.6 Å². The average molecular weight is 379 g/mol. The second-order valence-electron chi connectivity index (χ2n) is 6.09. The highest BCUT2D eigenvalue weighted by molar-refractivity contribution is 6.04. The number of nitrogens with zero attached hydrogens (tertiary/aromatic N) is 2. The highest BCUT2D eigenvalue weighted by Gasteiger charge is 2.10. The predicted octanol–water partition coefficient (Wildman–Crippen LogP) is 4.44. The van der Waals surface area contributed by atoms with Crippen molar-refractivity contribution in [1.82, 2.24) is 9.38 Å². The van der Waals surface area contributed by atoms with Gasteiger partial charge in [-0.1, -0.05) is 6.07 Å². The third-order valence-corrected chi connectivity index (χ3v) is 4.10. The Hall–Kier alpha value is -3.74. The van der Waals surface area contributed by atoms with Crippen molar-refractivity contribution < 1.29 is 18.3 Å². The zero-order valence-electron chi connectivity index (χ0n) is 14.6. The van der Waals surface area contributed by atoms with E-state index in [1.807, 2.05) is 35.0 Å². The number of aromatic nitrogens is 2. The minimum absolute atomic E-state index is 0.0847. The largest absolute Gasteiger partial charge is 0.487 e. The highest BCUT2D eigenvalue weighted by atomic mass is 19.1. The van der Waals surface area contributed by atoms with Crippen molar-refractivity contribution >= 4 is 17.2 Å². The molecule has 0 bridgehead atoms. The number of anilines is 1. The molecule has 1 amide bonds. The summed E-state index contributed by atoms with van der Waals surface area (Å²) in [4.78, 5) is 16.7. The number of benzene rings is 2. The molecule has 0 saturated heterocycles. The lowest BCUT2D eigenvalue weighted by Gasteiger charge is -2.08. The van der Waals surface area contributed by atoms with Gasteiger partial charge in [-0.3, -0.25) is 4.79 Å². The summed E-state index contributed by atoms with van der Waals surface area (Å²) in [7, 11) is 0. The smallest absolute Gasteiger partial charge is 0.255 e. The maximum atomic E-state index is 13.6. The second-order valence-corrected chi connectivity index (χ2v) is 6.09. The number of halogens is 2. The van der Waals surface area contributed by atoms with E-state index in [1.165, 1.54) is 6.07 Å². The molecule has 0 radical (unpaired) electrons. The molecule has 2 aromatic carbocycles. The van der Waals surface area contributed by atoms with Crippen molar-refractivity contribution in [3.8, 4) is 5.75 Å². The summed E-state index contributed by atoms with van der Waals surface area (Å²) in [6.07, 6.45) is 3.79. The van der Waals surface area contributed by atoms with Gasteiger partial charge in [-0.25, -0.2) is 13.8 Å². The van der Waals surface area contributed by atoms with Crippen molar-refractivity contribution in [2.45, 2.75) is 6.61 Å². The van der Waals surface area contributed by atoms with Crippen LogP contribution >= 0.6 is 0 Å². The molecule has 0 spiro atoms. The van der Waals surface area contributed by atoms with Crippen LogP contribution in [0.4, 0.5) is 14.5 Å². The summed E-state index contributed by atoms with van der Waals surface area (Å²) in [5.74, 6) is -1.47. The fraction of sp³-hybridized carbons (Fsp3) is 0.0476. The lowest BCUT2D eigenvalue weighted by atomic mass is 10.2. The van der Waals surface area contributed by atoms with Gasteiger partial charge < -0.3 is 14.5 Å². The lowest BCUT2D eigenvalue weighted by molar-refractivity contribution is 0.102. The molecule has 0 aliphatic carbocycles. The van der Waals surface area contributed by atoms with Crippen LogP contribution in [-0.2, 0) is 6.61 Å². The van der Waals surface area contributed by atoms with E-state index in [0.717, 1.165) is 17.4 Å². The summed E-state index contributed by atoms with van der Waals surface area (Å²) in [5, 5.41) is 2.41. The van der Waals surface area contributed by atoms with Gasteiger partial charge in [0.25, 0.3) is 5.91 Å². The standard InChI is InChI=1S/C21H15F2N3O2/c22-15-6-9-19(18(23)11-15)25-21(27)14-4-7-17(8-5-14)28-13-16-12-26-10-2-1-3-20(26)24-16/h1-12H,13H2,(H,25,27). The number of hydrogen-bond donors (Lipinski definition) is 1. The highest BCUT2D eigenvalue weighted by Crippen LogP contribution is 2.18. The number of nitrogens with one attached hydrogen (secondary N) is 1. The van der Waals surface area contributed by atoms with Crippen molar-refractivity contribution in [2.75, 3.05) is 5.32 Å². The van der Waals surface area contributed by atoms with Gasteiger partial charge in [0, 0.05) is 24.0 Å². The summed E-state index contributed by atoms with van der Waals surface area (Å²) in [6.45, 7) is 0.286. The van der Waals surface area contributed by atoms with Crippen LogP contribution < -0.4 is 10.1 Å². The van der Waals surface area contributed by atoms with Gasteiger partial charge >= 0.3 is 0 Å². The fourth-order valence-electron chi connectivity index (χ4n) is 2.70. The Kier molecular flexibility index (Phi) is 4.72. The lowest BCUT2D eigenvalue weighted by Crippen LogP contribution is -2.13. The molecule has 28 heavy (non-hydrogen) atoms. The molecule has 0 atom stereocenters. The van der Waals surface area contributed by atoms with Crippen LogP contribution in [0.1, 0.15) is 16.1 Å². The molecule has 4 rings (SSSR count). The molecule has 4 aromatic rings. The van der Waals surface area contributed by atoms with E-state index in [1.54, 1.807) is 24.3 Å². The molecule has 1 N–H and O–H groups in total. The fourth-order valence-corrected chi connectivity index (χ4v) is 2.70. The molecule has 5 nitrogen and oxygen atoms in total. The Morgan fingerprint density at radius 3 is 2.64 bits per heavy atom. The van der Waals surface area contributed by atoms with E-state index in [-0.39, 0.29) is 12.3 Å². The first-order valence-corrected chi connectivity index (χ1v) is 8.50. The number of fused-ring (bicyclic) bond motifs is 1. The number of carbonyl (C=O) groups excluding carboxylic acids is 1. The molecule has 0 fully saturated rings. The van der Waals surface area contributed by atoms with Crippen molar-refractivity contribution in [3.05, 3.63) is 95.9 Å². The van der Waals surface area contributed by atoms with Crippen molar-refractivity contribution in [2.24, 2.45) is 0 Å². The van der Waals surface area contributed by atoms with Crippen LogP contribution in [0.2, 0.25) is 0 Å². The van der Waals surface area contributed by atoms with Gasteiger partial charge in [0.1, 0.15) is 29.6 Å². The van der Waals surface area contributed by atoms with E-state index in [0.29, 0.717) is 17.4 Å². The third kappa shape index (κ3) is 3.83. The van der Waals surface area contributed by atoms with E-state index < -0.39 is 17.5 Å².